The summed E-state index contributed by atoms with van der Waals surface area (Å²) in [5.74, 6) is -2.24. The van der Waals surface area contributed by atoms with Gasteiger partial charge in [0.1, 0.15) is 12.1 Å². The summed E-state index contributed by atoms with van der Waals surface area (Å²) < 4.78 is 0.815. The molecule has 6 nitrogen and oxygen atoms in total. The number of rotatable bonds is 6. The third kappa shape index (κ3) is 5.13. The third-order valence-corrected chi connectivity index (χ3v) is 4.39. The summed E-state index contributed by atoms with van der Waals surface area (Å²) in [6.45, 7) is 4.91. The zero-order valence-corrected chi connectivity index (χ0v) is 14.2. The van der Waals surface area contributed by atoms with Gasteiger partial charge in [0.25, 0.3) is 5.91 Å². The number of amides is 2. The van der Waals surface area contributed by atoms with Gasteiger partial charge in [0.15, 0.2) is 0 Å². The Hall–Kier alpha value is -1.41. The van der Waals surface area contributed by atoms with Crippen molar-refractivity contribution < 1.29 is 19.5 Å². The van der Waals surface area contributed by atoms with Gasteiger partial charge in [-0.25, -0.2) is 4.79 Å². The highest BCUT2D eigenvalue weighted by Gasteiger charge is 2.26. The van der Waals surface area contributed by atoms with E-state index in [1.807, 2.05) is 0 Å². The standard InChI is InChI=1S/C13H17BrN2O4S/c1-6(2)10(13(19)20)16-11(17)7(3)15-12(18)8-4-5-9(14)21-8/h4-7,10H,1-3H3,(H,15,18)(H,16,17)(H,19,20)/t7?,10-/m1/s1. The molecule has 0 bridgehead atoms. The lowest BCUT2D eigenvalue weighted by atomic mass is 10.0. The van der Waals surface area contributed by atoms with Crippen molar-refractivity contribution in [2.45, 2.75) is 32.9 Å². The van der Waals surface area contributed by atoms with Crippen LogP contribution in [0.5, 0.6) is 0 Å². The molecule has 0 aliphatic carbocycles. The quantitative estimate of drug-likeness (QED) is 0.705. The molecule has 0 fully saturated rings. The van der Waals surface area contributed by atoms with Crippen molar-refractivity contribution in [3.63, 3.8) is 0 Å². The lowest BCUT2D eigenvalue weighted by Gasteiger charge is -2.20. The first-order chi connectivity index (χ1) is 9.72. The molecular formula is C13H17BrN2O4S. The monoisotopic (exact) mass is 376 g/mol. The topological polar surface area (TPSA) is 95.5 Å². The van der Waals surface area contributed by atoms with E-state index in [9.17, 15) is 14.4 Å². The predicted molar refractivity (Wildman–Crippen MR) is 83.4 cm³/mol. The molecule has 8 heteroatoms. The van der Waals surface area contributed by atoms with E-state index in [0.29, 0.717) is 4.88 Å². The largest absolute Gasteiger partial charge is 0.480 e. The Morgan fingerprint density at radius 1 is 1.19 bits per heavy atom. The third-order valence-electron chi connectivity index (χ3n) is 2.77. The molecule has 0 radical (unpaired) electrons. The van der Waals surface area contributed by atoms with Crippen molar-refractivity contribution in [2.75, 3.05) is 0 Å². The van der Waals surface area contributed by atoms with E-state index in [2.05, 4.69) is 26.6 Å². The maximum absolute atomic E-state index is 11.9. The molecule has 1 aromatic rings. The minimum atomic E-state index is -1.10. The Bertz CT molecular complexity index is 544. The van der Waals surface area contributed by atoms with Crippen LogP contribution in [0.1, 0.15) is 30.4 Å². The second kappa shape index (κ2) is 7.56. The zero-order valence-electron chi connectivity index (χ0n) is 11.8. The molecule has 0 aliphatic rings. The highest BCUT2D eigenvalue weighted by Crippen LogP contribution is 2.21. The Morgan fingerprint density at radius 3 is 2.24 bits per heavy atom. The van der Waals surface area contributed by atoms with Crippen LogP contribution in [0, 0.1) is 5.92 Å². The fourth-order valence-corrected chi connectivity index (χ4v) is 2.85. The van der Waals surface area contributed by atoms with Crippen molar-refractivity contribution in [1.29, 1.82) is 0 Å². The second-order valence-corrected chi connectivity index (χ2v) is 7.33. The maximum atomic E-state index is 11.9. The van der Waals surface area contributed by atoms with E-state index in [1.54, 1.807) is 26.0 Å². The molecule has 116 valence electrons. The number of thiophene rings is 1. The number of carbonyl (C=O) groups is 3. The van der Waals surface area contributed by atoms with Gasteiger partial charge in [-0.1, -0.05) is 13.8 Å². The minimum absolute atomic E-state index is 0.248. The fourth-order valence-electron chi connectivity index (χ4n) is 1.56. The van der Waals surface area contributed by atoms with E-state index in [4.69, 9.17) is 5.11 Å². The number of hydrogen-bond donors (Lipinski definition) is 3. The number of carboxylic acids is 1. The molecule has 0 spiro atoms. The van der Waals surface area contributed by atoms with E-state index in [0.717, 1.165) is 3.79 Å². The van der Waals surface area contributed by atoms with Gasteiger partial charge in [-0.15, -0.1) is 11.3 Å². The number of halogens is 1. The number of aliphatic carboxylic acids is 1. The van der Waals surface area contributed by atoms with Crippen LogP contribution >= 0.6 is 27.3 Å². The van der Waals surface area contributed by atoms with E-state index >= 15 is 0 Å². The summed E-state index contributed by atoms with van der Waals surface area (Å²) in [5, 5.41) is 14.0. The van der Waals surface area contributed by atoms with Crippen molar-refractivity contribution in [3.05, 3.63) is 20.8 Å². The first-order valence-corrected chi connectivity index (χ1v) is 7.92. The fraction of sp³-hybridized carbons (Fsp3) is 0.462. The summed E-state index contributed by atoms with van der Waals surface area (Å²) in [5.41, 5.74) is 0. The Labute approximate surface area is 135 Å². The summed E-state index contributed by atoms with van der Waals surface area (Å²) in [7, 11) is 0. The van der Waals surface area contributed by atoms with Gasteiger partial charge in [-0.2, -0.15) is 0 Å². The molecular weight excluding hydrogens is 360 g/mol. The van der Waals surface area contributed by atoms with Gasteiger partial charge in [0, 0.05) is 0 Å². The average Bonchev–Trinajstić information content (AvgIpc) is 2.81. The summed E-state index contributed by atoms with van der Waals surface area (Å²) in [4.78, 5) is 35.4. The molecule has 0 aromatic carbocycles. The summed E-state index contributed by atoms with van der Waals surface area (Å²) >= 11 is 4.51. The SMILES string of the molecule is CC(NC(=O)c1ccc(Br)s1)C(=O)N[C@@H](C(=O)O)C(C)C. The normalized spacial score (nSPS) is 13.6. The van der Waals surface area contributed by atoms with Gasteiger partial charge in [-0.05, 0) is 40.9 Å². The highest BCUT2D eigenvalue weighted by atomic mass is 79.9. The molecule has 2 amide bonds. The van der Waals surface area contributed by atoms with Gasteiger partial charge in [-0.3, -0.25) is 9.59 Å². The number of hydrogen-bond acceptors (Lipinski definition) is 4. The second-order valence-electron chi connectivity index (χ2n) is 4.87. The Balaban J connectivity index is 2.62. The van der Waals surface area contributed by atoms with Crippen LogP contribution in [-0.4, -0.2) is 35.0 Å². The number of carbonyl (C=O) groups excluding carboxylic acids is 2. The average molecular weight is 377 g/mol. The van der Waals surface area contributed by atoms with Crippen LogP contribution in [0.3, 0.4) is 0 Å². The van der Waals surface area contributed by atoms with Crippen LogP contribution in [0.25, 0.3) is 0 Å². The maximum Gasteiger partial charge on any atom is 0.326 e. The van der Waals surface area contributed by atoms with Crippen molar-refractivity contribution in [2.24, 2.45) is 5.92 Å². The molecule has 1 unspecified atom stereocenters. The molecule has 1 rings (SSSR count). The van der Waals surface area contributed by atoms with E-state index < -0.39 is 24.0 Å². The van der Waals surface area contributed by atoms with Gasteiger partial charge in [0.2, 0.25) is 5.91 Å². The van der Waals surface area contributed by atoms with Crippen molar-refractivity contribution in [1.82, 2.24) is 10.6 Å². The van der Waals surface area contributed by atoms with Crippen LogP contribution in [-0.2, 0) is 9.59 Å². The minimum Gasteiger partial charge on any atom is -0.480 e. The molecule has 21 heavy (non-hydrogen) atoms. The van der Waals surface area contributed by atoms with Crippen LogP contribution in [0.2, 0.25) is 0 Å². The lowest BCUT2D eigenvalue weighted by Crippen LogP contribution is -2.51. The molecule has 1 aromatic heterocycles. The van der Waals surface area contributed by atoms with E-state index in [-0.39, 0.29) is 11.8 Å². The van der Waals surface area contributed by atoms with Gasteiger partial charge < -0.3 is 15.7 Å². The number of carboxylic acid groups (broad SMARTS) is 1. The molecule has 1 heterocycles. The smallest absolute Gasteiger partial charge is 0.326 e. The molecule has 0 saturated heterocycles. The predicted octanol–water partition coefficient (Wildman–Crippen LogP) is 1.85. The molecule has 0 saturated carbocycles. The van der Waals surface area contributed by atoms with Crippen molar-refractivity contribution in [3.8, 4) is 0 Å². The van der Waals surface area contributed by atoms with Crippen LogP contribution in [0.4, 0.5) is 0 Å². The highest BCUT2D eigenvalue weighted by molar-refractivity contribution is 9.11. The zero-order chi connectivity index (χ0) is 16.2. The van der Waals surface area contributed by atoms with Crippen molar-refractivity contribution >= 4 is 45.1 Å². The Morgan fingerprint density at radius 2 is 1.81 bits per heavy atom. The van der Waals surface area contributed by atoms with Gasteiger partial charge >= 0.3 is 5.97 Å². The van der Waals surface area contributed by atoms with Gasteiger partial charge in [0.05, 0.1) is 8.66 Å². The molecule has 2 atom stereocenters. The van der Waals surface area contributed by atoms with Crippen LogP contribution < -0.4 is 10.6 Å². The van der Waals surface area contributed by atoms with Crippen LogP contribution in [0.15, 0.2) is 15.9 Å². The van der Waals surface area contributed by atoms with E-state index in [1.165, 1.54) is 18.3 Å². The first-order valence-electron chi connectivity index (χ1n) is 6.31. The summed E-state index contributed by atoms with van der Waals surface area (Å²) in [6, 6.07) is 1.58. The lowest BCUT2D eigenvalue weighted by molar-refractivity contribution is -0.143. The molecule has 3 N–H and O–H groups in total. The molecule has 0 aliphatic heterocycles. The summed E-state index contributed by atoms with van der Waals surface area (Å²) in [6.07, 6.45) is 0. The first kappa shape index (κ1) is 17.6. The number of nitrogens with one attached hydrogen (secondary N) is 2. The Kier molecular flexibility index (Phi) is 6.35.